The normalized spacial score (nSPS) is 10.2. The van der Waals surface area contributed by atoms with Gasteiger partial charge in [0, 0.05) is 17.6 Å². The molecule has 0 aliphatic carbocycles. The molecule has 0 saturated carbocycles. The van der Waals surface area contributed by atoms with Gasteiger partial charge in [0.15, 0.2) is 0 Å². The van der Waals surface area contributed by atoms with Gasteiger partial charge in [0.2, 0.25) is 0 Å². The van der Waals surface area contributed by atoms with Gasteiger partial charge in [0.1, 0.15) is 11.3 Å². The van der Waals surface area contributed by atoms with E-state index < -0.39 is 5.97 Å². The van der Waals surface area contributed by atoms with Crippen molar-refractivity contribution in [3.05, 3.63) is 42.0 Å². The molecule has 5 heteroatoms. The summed E-state index contributed by atoms with van der Waals surface area (Å²) in [6, 6.07) is 4.99. The first-order chi connectivity index (χ1) is 8.13. The summed E-state index contributed by atoms with van der Waals surface area (Å²) in [5.74, 6) is -0.666. The second kappa shape index (κ2) is 4.29. The Morgan fingerprint density at radius 3 is 2.76 bits per heavy atom. The minimum Gasteiger partial charge on any atom is -0.496 e. The molecule has 0 radical (unpaired) electrons. The van der Waals surface area contributed by atoms with Crippen LogP contribution in [0.2, 0.25) is 0 Å². The lowest BCUT2D eigenvalue weighted by Gasteiger charge is -2.09. The van der Waals surface area contributed by atoms with Gasteiger partial charge in [-0.05, 0) is 25.1 Å². The van der Waals surface area contributed by atoms with E-state index in [4.69, 9.17) is 9.84 Å². The Labute approximate surface area is 98.3 Å². The number of hydrogen-bond donors (Lipinski definition) is 1. The van der Waals surface area contributed by atoms with Crippen molar-refractivity contribution < 1.29 is 14.6 Å². The fourth-order valence-electron chi connectivity index (χ4n) is 1.64. The predicted octanol–water partition coefficient (Wildman–Crippen LogP) is 1.89. The van der Waals surface area contributed by atoms with Crippen molar-refractivity contribution >= 4 is 5.97 Å². The minimum atomic E-state index is -1.01. The molecule has 1 aromatic carbocycles. The summed E-state index contributed by atoms with van der Waals surface area (Å²) in [5.41, 5.74) is 1.82. The molecule has 5 nitrogen and oxygen atoms in total. The number of ether oxygens (including phenoxy) is 1. The molecule has 0 bridgehead atoms. The van der Waals surface area contributed by atoms with E-state index in [1.807, 2.05) is 11.5 Å². The maximum absolute atomic E-state index is 11.1. The summed E-state index contributed by atoms with van der Waals surface area (Å²) in [5, 5.41) is 9.08. The van der Waals surface area contributed by atoms with Gasteiger partial charge in [-0.15, -0.1) is 0 Å². The Morgan fingerprint density at radius 1 is 1.47 bits per heavy atom. The van der Waals surface area contributed by atoms with E-state index >= 15 is 0 Å². The number of rotatable bonds is 3. The maximum Gasteiger partial charge on any atom is 0.339 e. The third-order valence-corrected chi connectivity index (χ3v) is 2.52. The van der Waals surface area contributed by atoms with Crippen LogP contribution in [0.1, 0.15) is 16.1 Å². The number of aromatic carboxylic acids is 1. The van der Waals surface area contributed by atoms with E-state index in [1.165, 1.54) is 7.11 Å². The van der Waals surface area contributed by atoms with E-state index in [0.717, 1.165) is 11.4 Å². The van der Waals surface area contributed by atoms with Crippen molar-refractivity contribution in [2.75, 3.05) is 7.11 Å². The van der Waals surface area contributed by atoms with Crippen LogP contribution in [0.4, 0.5) is 0 Å². The molecule has 0 fully saturated rings. The van der Waals surface area contributed by atoms with Crippen molar-refractivity contribution in [1.29, 1.82) is 0 Å². The fraction of sp³-hybridized carbons (Fsp3) is 0.167. The molecule has 0 spiro atoms. The Hall–Kier alpha value is -2.30. The highest BCUT2D eigenvalue weighted by molar-refractivity contribution is 5.91. The van der Waals surface area contributed by atoms with Crippen LogP contribution in [0.5, 0.6) is 5.75 Å². The first-order valence-corrected chi connectivity index (χ1v) is 5.04. The molecule has 2 rings (SSSR count). The second-order valence-corrected chi connectivity index (χ2v) is 3.59. The standard InChI is InChI=1S/C12H12N2O3/c1-8-6-13-7-14(8)9-3-4-11(17-2)10(5-9)12(15)16/h3-7H,1-2H3,(H,15,16). The number of aryl methyl sites for hydroxylation is 1. The van der Waals surface area contributed by atoms with Crippen LogP contribution in [0.15, 0.2) is 30.7 Å². The van der Waals surface area contributed by atoms with E-state index in [0.29, 0.717) is 5.75 Å². The van der Waals surface area contributed by atoms with Crippen molar-refractivity contribution in [3.63, 3.8) is 0 Å². The number of aromatic nitrogens is 2. The van der Waals surface area contributed by atoms with Crippen LogP contribution in [0, 0.1) is 6.92 Å². The summed E-state index contributed by atoms with van der Waals surface area (Å²) in [6.07, 6.45) is 3.35. The molecule has 1 heterocycles. The quantitative estimate of drug-likeness (QED) is 0.877. The van der Waals surface area contributed by atoms with Gasteiger partial charge in [0.25, 0.3) is 0 Å². The van der Waals surface area contributed by atoms with Crippen LogP contribution in [-0.2, 0) is 0 Å². The van der Waals surface area contributed by atoms with Crippen molar-refractivity contribution in [1.82, 2.24) is 9.55 Å². The zero-order valence-electron chi connectivity index (χ0n) is 9.54. The van der Waals surface area contributed by atoms with E-state index in [2.05, 4.69) is 4.98 Å². The largest absolute Gasteiger partial charge is 0.496 e. The number of hydrogen-bond acceptors (Lipinski definition) is 3. The molecule has 0 saturated heterocycles. The summed E-state index contributed by atoms with van der Waals surface area (Å²) in [6.45, 7) is 1.90. The molecule has 88 valence electrons. The van der Waals surface area contributed by atoms with Crippen molar-refractivity contribution in [2.24, 2.45) is 0 Å². The number of carboxylic acids is 1. The Kier molecular flexibility index (Phi) is 2.82. The lowest BCUT2D eigenvalue weighted by Crippen LogP contribution is -2.03. The van der Waals surface area contributed by atoms with Gasteiger partial charge >= 0.3 is 5.97 Å². The molecular formula is C12H12N2O3. The predicted molar refractivity (Wildman–Crippen MR) is 61.8 cm³/mol. The van der Waals surface area contributed by atoms with E-state index in [9.17, 15) is 4.79 Å². The summed E-state index contributed by atoms with van der Waals surface area (Å²) < 4.78 is 6.81. The van der Waals surface area contributed by atoms with Crippen LogP contribution in [0.25, 0.3) is 5.69 Å². The first kappa shape index (κ1) is 11.2. The van der Waals surface area contributed by atoms with Crippen molar-refractivity contribution in [2.45, 2.75) is 6.92 Å². The second-order valence-electron chi connectivity index (χ2n) is 3.59. The van der Waals surface area contributed by atoms with Gasteiger partial charge in [-0.25, -0.2) is 9.78 Å². The molecule has 1 aromatic heterocycles. The van der Waals surface area contributed by atoms with Gasteiger partial charge in [-0.1, -0.05) is 0 Å². The van der Waals surface area contributed by atoms with Gasteiger partial charge in [-0.3, -0.25) is 0 Å². The summed E-state index contributed by atoms with van der Waals surface area (Å²) in [4.78, 5) is 15.1. The summed E-state index contributed by atoms with van der Waals surface area (Å²) >= 11 is 0. The highest BCUT2D eigenvalue weighted by Crippen LogP contribution is 2.22. The van der Waals surface area contributed by atoms with E-state index in [-0.39, 0.29) is 5.56 Å². The molecule has 0 unspecified atom stereocenters. The maximum atomic E-state index is 11.1. The van der Waals surface area contributed by atoms with Gasteiger partial charge in [0.05, 0.1) is 13.4 Å². The average Bonchev–Trinajstić information content (AvgIpc) is 2.74. The number of carbonyl (C=O) groups is 1. The molecule has 0 amide bonds. The number of nitrogens with zero attached hydrogens (tertiary/aromatic N) is 2. The first-order valence-electron chi connectivity index (χ1n) is 5.04. The smallest absolute Gasteiger partial charge is 0.339 e. The minimum absolute atomic E-state index is 0.137. The number of imidazole rings is 1. The number of methoxy groups -OCH3 is 1. The lowest BCUT2D eigenvalue weighted by molar-refractivity contribution is 0.0693. The number of carboxylic acid groups (broad SMARTS) is 1. The fourth-order valence-corrected chi connectivity index (χ4v) is 1.64. The van der Waals surface area contributed by atoms with Crippen LogP contribution < -0.4 is 4.74 Å². The van der Waals surface area contributed by atoms with Crippen LogP contribution in [-0.4, -0.2) is 27.7 Å². The molecular weight excluding hydrogens is 220 g/mol. The molecule has 0 atom stereocenters. The topological polar surface area (TPSA) is 64.4 Å². The molecule has 2 aromatic rings. The SMILES string of the molecule is COc1ccc(-n2cncc2C)cc1C(=O)O. The average molecular weight is 232 g/mol. The van der Waals surface area contributed by atoms with E-state index in [1.54, 1.807) is 30.7 Å². The van der Waals surface area contributed by atoms with Crippen molar-refractivity contribution in [3.8, 4) is 11.4 Å². The van der Waals surface area contributed by atoms with Gasteiger partial charge < -0.3 is 14.4 Å². The summed E-state index contributed by atoms with van der Waals surface area (Å²) in [7, 11) is 1.45. The third kappa shape index (κ3) is 1.99. The zero-order valence-corrected chi connectivity index (χ0v) is 9.54. The third-order valence-electron chi connectivity index (χ3n) is 2.52. The number of benzene rings is 1. The van der Waals surface area contributed by atoms with Crippen LogP contribution in [0.3, 0.4) is 0 Å². The molecule has 0 aliphatic rings. The van der Waals surface area contributed by atoms with Gasteiger partial charge in [-0.2, -0.15) is 0 Å². The van der Waals surface area contributed by atoms with Crippen LogP contribution >= 0.6 is 0 Å². The molecule has 0 aliphatic heterocycles. The molecule has 1 N–H and O–H groups in total. The molecule has 17 heavy (non-hydrogen) atoms. The Morgan fingerprint density at radius 2 is 2.24 bits per heavy atom. The Bertz CT molecular complexity index is 561. The highest BCUT2D eigenvalue weighted by Gasteiger charge is 2.12. The monoisotopic (exact) mass is 232 g/mol. The lowest BCUT2D eigenvalue weighted by atomic mass is 10.1. The highest BCUT2D eigenvalue weighted by atomic mass is 16.5. The Balaban J connectivity index is 2.55. The zero-order chi connectivity index (χ0) is 12.4.